The Kier molecular flexibility index (Phi) is 5.48. The lowest BCUT2D eigenvalue weighted by Gasteiger charge is -2.60. The molecule has 2 amide bonds. The predicted molar refractivity (Wildman–Crippen MR) is 123 cm³/mol. The summed E-state index contributed by atoms with van der Waals surface area (Å²) in [6.45, 7) is 9.86. The smallest absolute Gasteiger partial charge is 0.268 e. The number of piperazine rings is 1. The van der Waals surface area contributed by atoms with Crippen LogP contribution in [0, 0.1) is 23.2 Å². The second-order valence-electron chi connectivity index (χ2n) is 10.7. The van der Waals surface area contributed by atoms with Crippen LogP contribution in [0.15, 0.2) is 24.4 Å². The zero-order chi connectivity index (χ0) is 22.5. The van der Waals surface area contributed by atoms with Crippen molar-refractivity contribution in [2.75, 3.05) is 26.2 Å². The summed E-state index contributed by atoms with van der Waals surface area (Å²) >= 11 is 0. The maximum absolute atomic E-state index is 13.1. The minimum atomic E-state index is -0.0685. The first kappa shape index (κ1) is 21.4. The summed E-state index contributed by atoms with van der Waals surface area (Å²) in [5.41, 5.74) is 2.40. The third-order valence-electron chi connectivity index (χ3n) is 8.35. The van der Waals surface area contributed by atoms with E-state index in [2.05, 4.69) is 36.4 Å². The molecule has 0 radical (unpaired) electrons. The van der Waals surface area contributed by atoms with Crippen LogP contribution >= 0.6 is 0 Å². The molecule has 4 atom stereocenters. The first-order valence-electron chi connectivity index (χ1n) is 12.1. The van der Waals surface area contributed by atoms with E-state index in [-0.39, 0.29) is 18.2 Å². The molecule has 4 fully saturated rings. The number of carbonyl (C=O) groups excluding carboxylic acids is 2. The number of nitrogens with one attached hydrogen (secondary N) is 2. The van der Waals surface area contributed by atoms with Gasteiger partial charge < -0.3 is 15.5 Å². The first-order valence-corrected chi connectivity index (χ1v) is 12.1. The molecule has 1 aliphatic heterocycles. The van der Waals surface area contributed by atoms with Gasteiger partial charge in [-0.05, 0) is 61.5 Å². The van der Waals surface area contributed by atoms with Gasteiger partial charge in [0.05, 0.1) is 12.1 Å². The number of rotatable bonds is 5. The maximum atomic E-state index is 13.1. The third kappa shape index (κ3) is 3.81. The Bertz CT molecular complexity index is 1030. The van der Waals surface area contributed by atoms with Gasteiger partial charge in [0.2, 0.25) is 5.91 Å². The van der Waals surface area contributed by atoms with Gasteiger partial charge in [-0.25, -0.2) is 4.98 Å². The lowest BCUT2D eigenvalue weighted by atomic mass is 9.45. The highest BCUT2D eigenvalue weighted by atomic mass is 16.2. The van der Waals surface area contributed by atoms with Gasteiger partial charge in [-0.15, -0.1) is 0 Å². The molecule has 7 heteroatoms. The van der Waals surface area contributed by atoms with Gasteiger partial charge >= 0.3 is 0 Å². The Morgan fingerprint density at radius 2 is 2.12 bits per heavy atom. The molecule has 3 saturated carbocycles. The molecule has 2 aromatic rings. The average Bonchev–Trinajstić information content (AvgIpc) is 3.19. The van der Waals surface area contributed by atoms with Crippen molar-refractivity contribution in [1.29, 1.82) is 0 Å². The third-order valence-corrected chi connectivity index (χ3v) is 8.35. The van der Waals surface area contributed by atoms with E-state index in [0.717, 1.165) is 38.0 Å². The minimum Gasteiger partial charge on any atom is -0.350 e. The van der Waals surface area contributed by atoms with E-state index in [1.54, 1.807) is 0 Å². The Hall–Kier alpha value is -2.41. The number of hydrogen-bond donors (Lipinski definition) is 2. The normalized spacial score (nSPS) is 28.9. The standard InChI is InChI=1S/C25H35N5O2/c1-16-14-29(10-9-26-16)23(31)12-19-15-30-21(5-4-6-22(30)28-19)24(32)27-13-17-7-8-18-11-20(17)25(18,2)3/h4-6,15-18,20,26H,7-14H2,1-3H3,(H,27,32)/t16-,17-,18+,20-/m0/s1. The summed E-state index contributed by atoms with van der Waals surface area (Å²) in [5, 5.41) is 6.55. The Labute approximate surface area is 190 Å². The number of fused-ring (bicyclic) bond motifs is 3. The van der Waals surface area contributed by atoms with Gasteiger partial charge in [0.15, 0.2) is 0 Å². The highest BCUT2D eigenvalue weighted by molar-refractivity contribution is 5.93. The minimum absolute atomic E-state index is 0.0685. The van der Waals surface area contributed by atoms with Crippen molar-refractivity contribution < 1.29 is 9.59 Å². The van der Waals surface area contributed by atoms with E-state index >= 15 is 0 Å². The summed E-state index contributed by atoms with van der Waals surface area (Å²) in [6, 6.07) is 5.89. The van der Waals surface area contributed by atoms with Crippen molar-refractivity contribution in [1.82, 2.24) is 24.9 Å². The molecule has 2 N–H and O–H groups in total. The van der Waals surface area contributed by atoms with Crippen LogP contribution in [0.4, 0.5) is 0 Å². The number of hydrogen-bond acceptors (Lipinski definition) is 4. The van der Waals surface area contributed by atoms with Gasteiger partial charge in [-0.2, -0.15) is 0 Å². The molecule has 4 aliphatic rings. The van der Waals surface area contributed by atoms with Crippen LogP contribution in [0.25, 0.3) is 5.65 Å². The molecule has 172 valence electrons. The summed E-state index contributed by atoms with van der Waals surface area (Å²) in [4.78, 5) is 32.3. The van der Waals surface area contributed by atoms with E-state index in [1.807, 2.05) is 33.7 Å². The van der Waals surface area contributed by atoms with Crippen molar-refractivity contribution in [3.8, 4) is 0 Å². The summed E-state index contributed by atoms with van der Waals surface area (Å²) in [6.07, 6.45) is 5.91. The molecule has 6 rings (SSSR count). The number of aromatic nitrogens is 2. The molecule has 3 heterocycles. The quantitative estimate of drug-likeness (QED) is 0.753. The Morgan fingerprint density at radius 3 is 2.88 bits per heavy atom. The highest BCUT2D eigenvalue weighted by Crippen LogP contribution is 2.61. The van der Waals surface area contributed by atoms with E-state index in [4.69, 9.17) is 0 Å². The number of pyridine rings is 1. The fourth-order valence-electron chi connectivity index (χ4n) is 6.28. The van der Waals surface area contributed by atoms with Gasteiger partial charge in [-0.3, -0.25) is 14.0 Å². The number of imidazole rings is 1. The first-order chi connectivity index (χ1) is 15.3. The lowest BCUT2D eigenvalue weighted by Crippen LogP contribution is -2.54. The largest absolute Gasteiger partial charge is 0.350 e. The molecule has 2 aromatic heterocycles. The van der Waals surface area contributed by atoms with Crippen molar-refractivity contribution in [3.63, 3.8) is 0 Å². The van der Waals surface area contributed by atoms with Gasteiger partial charge in [-0.1, -0.05) is 19.9 Å². The topological polar surface area (TPSA) is 78.7 Å². The zero-order valence-corrected chi connectivity index (χ0v) is 19.4. The van der Waals surface area contributed by atoms with Crippen LogP contribution in [-0.2, 0) is 11.2 Å². The monoisotopic (exact) mass is 437 g/mol. The van der Waals surface area contributed by atoms with Crippen LogP contribution in [0.1, 0.15) is 56.2 Å². The van der Waals surface area contributed by atoms with Gasteiger partial charge in [0.25, 0.3) is 5.91 Å². The Balaban J connectivity index is 1.26. The number of amides is 2. The van der Waals surface area contributed by atoms with Gasteiger partial charge in [0.1, 0.15) is 11.3 Å². The van der Waals surface area contributed by atoms with Crippen LogP contribution < -0.4 is 10.6 Å². The molecular formula is C25H35N5O2. The van der Waals surface area contributed by atoms with E-state index < -0.39 is 0 Å². The van der Waals surface area contributed by atoms with Crippen LogP contribution in [-0.4, -0.2) is 58.3 Å². The summed E-state index contributed by atoms with van der Waals surface area (Å²) < 4.78 is 1.82. The predicted octanol–water partition coefficient (Wildman–Crippen LogP) is 2.50. The highest BCUT2D eigenvalue weighted by Gasteiger charge is 2.53. The van der Waals surface area contributed by atoms with Crippen molar-refractivity contribution in [2.24, 2.45) is 23.2 Å². The number of nitrogens with zero attached hydrogens (tertiary/aromatic N) is 3. The molecule has 32 heavy (non-hydrogen) atoms. The van der Waals surface area contributed by atoms with Gasteiger partial charge in [0, 0.05) is 38.4 Å². The Morgan fingerprint density at radius 1 is 1.28 bits per heavy atom. The number of carbonyl (C=O) groups is 2. The van der Waals surface area contributed by atoms with Crippen molar-refractivity contribution in [3.05, 3.63) is 35.8 Å². The fraction of sp³-hybridized carbons (Fsp3) is 0.640. The lowest BCUT2D eigenvalue weighted by molar-refractivity contribution is -0.131. The van der Waals surface area contributed by atoms with Crippen LogP contribution in [0.3, 0.4) is 0 Å². The summed E-state index contributed by atoms with van der Waals surface area (Å²) in [5.74, 6) is 2.17. The van der Waals surface area contributed by atoms with E-state index in [9.17, 15) is 9.59 Å². The molecule has 0 spiro atoms. The molecule has 0 unspecified atom stereocenters. The van der Waals surface area contributed by atoms with Crippen LogP contribution in [0.5, 0.6) is 0 Å². The molecule has 7 nitrogen and oxygen atoms in total. The van der Waals surface area contributed by atoms with E-state index in [1.165, 1.54) is 19.3 Å². The molecule has 1 saturated heterocycles. The summed E-state index contributed by atoms with van der Waals surface area (Å²) in [7, 11) is 0. The van der Waals surface area contributed by atoms with Crippen molar-refractivity contribution in [2.45, 2.75) is 52.5 Å². The van der Waals surface area contributed by atoms with E-state index in [0.29, 0.717) is 34.4 Å². The maximum Gasteiger partial charge on any atom is 0.268 e. The molecule has 0 aromatic carbocycles. The fourth-order valence-corrected chi connectivity index (χ4v) is 6.28. The molecule has 3 aliphatic carbocycles. The second kappa shape index (κ2) is 8.18. The average molecular weight is 438 g/mol. The van der Waals surface area contributed by atoms with Crippen molar-refractivity contribution >= 4 is 17.5 Å². The molecular weight excluding hydrogens is 402 g/mol. The molecule has 2 bridgehead atoms. The SMILES string of the molecule is C[C@H]1CN(C(=O)Cc2cn3c(C(=O)NC[C@@H]4CC[C@@H]5C[C@@H]4C5(C)C)cccc3n2)CCN1. The van der Waals surface area contributed by atoms with Crippen LogP contribution in [0.2, 0.25) is 0 Å². The second-order valence-corrected chi connectivity index (χ2v) is 10.7. The zero-order valence-electron chi connectivity index (χ0n) is 19.4.